The molecule has 0 amide bonds. The van der Waals surface area contributed by atoms with Gasteiger partial charge in [-0.15, -0.1) is 0 Å². The van der Waals surface area contributed by atoms with Gasteiger partial charge in [0, 0.05) is 6.42 Å². The second kappa shape index (κ2) is 62.8. The highest BCUT2D eigenvalue weighted by Crippen LogP contribution is 2.12. The molecule has 0 aliphatic heterocycles. The highest BCUT2D eigenvalue weighted by molar-refractivity contribution is 5.69. The SMILES string of the molecule is CCCCCCCCCCCCCC(=O)OCCOCCOCCOCCOCCOCCOCCOCCOCCOCCOCCOCCOCCOCCOCCOCCOCCO. The van der Waals surface area contributed by atoms with E-state index in [-0.39, 0.29) is 19.2 Å². The summed E-state index contributed by atoms with van der Waals surface area (Å²) in [5, 5.41) is 8.60. The normalized spacial score (nSPS) is 11.6. The highest BCUT2D eigenvalue weighted by atomic mass is 16.6. The molecule has 0 atom stereocenters. The van der Waals surface area contributed by atoms with Crippen molar-refractivity contribution < 1.29 is 90.4 Å². The van der Waals surface area contributed by atoms with E-state index >= 15 is 0 Å². The van der Waals surface area contributed by atoms with Gasteiger partial charge in [0.25, 0.3) is 0 Å². The predicted molar refractivity (Wildman–Crippen MR) is 252 cm³/mol. The van der Waals surface area contributed by atoms with Gasteiger partial charge in [0.1, 0.15) is 6.61 Å². The van der Waals surface area contributed by atoms with Crippen LogP contribution in [0.1, 0.15) is 84.0 Å². The summed E-state index contributed by atoms with van der Waals surface area (Å²) in [5.74, 6) is -0.138. The number of hydrogen-bond donors (Lipinski definition) is 1. The zero-order chi connectivity index (χ0) is 48.1. The molecule has 0 spiro atoms. The number of rotatable bonds is 62. The molecule has 1 N–H and O–H groups in total. The molecule has 0 rings (SSSR count). The molecule has 0 aliphatic carbocycles. The van der Waals surface area contributed by atoms with Crippen LogP contribution in [0.4, 0.5) is 0 Å². The van der Waals surface area contributed by atoms with E-state index in [1.54, 1.807) is 0 Å². The van der Waals surface area contributed by atoms with E-state index in [0.29, 0.717) is 218 Å². The van der Waals surface area contributed by atoms with Gasteiger partial charge in [0.05, 0.1) is 218 Å². The lowest BCUT2D eigenvalue weighted by Crippen LogP contribution is -2.16. The van der Waals surface area contributed by atoms with Gasteiger partial charge in [0.2, 0.25) is 0 Å². The van der Waals surface area contributed by atoms with Gasteiger partial charge in [0.15, 0.2) is 0 Å². The number of esters is 1. The number of carbonyl (C=O) groups is 1. The zero-order valence-electron chi connectivity index (χ0n) is 41.8. The third-order valence-electron chi connectivity index (χ3n) is 9.29. The van der Waals surface area contributed by atoms with Crippen LogP contribution in [-0.4, -0.2) is 236 Å². The summed E-state index contributed by atoms with van der Waals surface area (Å²) in [7, 11) is 0. The summed E-state index contributed by atoms with van der Waals surface area (Å²) in [6.45, 7) is 17.9. The van der Waals surface area contributed by atoms with E-state index in [1.807, 2.05) is 0 Å². The topological polar surface area (TPSA) is 194 Å². The van der Waals surface area contributed by atoms with Crippen molar-refractivity contribution in [1.29, 1.82) is 0 Å². The maximum Gasteiger partial charge on any atom is 0.305 e. The van der Waals surface area contributed by atoms with Crippen molar-refractivity contribution in [3.63, 3.8) is 0 Å². The summed E-state index contributed by atoms with van der Waals surface area (Å²) in [6.07, 6.45) is 14.4. The fraction of sp³-hybridized carbons (Fsp3) is 0.979. The van der Waals surface area contributed by atoms with Crippen LogP contribution in [0.3, 0.4) is 0 Å². The Morgan fingerprint density at radius 1 is 0.254 bits per heavy atom. The molecule has 0 aromatic heterocycles. The monoisotopic (exact) mass is 977 g/mol. The van der Waals surface area contributed by atoms with Gasteiger partial charge in [-0.3, -0.25) is 4.79 Å². The van der Waals surface area contributed by atoms with Crippen molar-refractivity contribution in [2.45, 2.75) is 84.0 Å². The predicted octanol–water partition coefficient (Wildman–Crippen LogP) is 4.49. The number of unbranched alkanes of at least 4 members (excludes halogenated alkanes) is 10. The van der Waals surface area contributed by atoms with Crippen LogP contribution in [0.2, 0.25) is 0 Å². The van der Waals surface area contributed by atoms with Crippen molar-refractivity contribution >= 4 is 5.97 Å². The molecule has 0 bridgehead atoms. The van der Waals surface area contributed by atoms with Crippen molar-refractivity contribution in [2.75, 3.05) is 225 Å². The van der Waals surface area contributed by atoms with E-state index in [4.69, 9.17) is 85.6 Å². The van der Waals surface area contributed by atoms with Crippen molar-refractivity contribution in [3.05, 3.63) is 0 Å². The van der Waals surface area contributed by atoms with Gasteiger partial charge in [-0.2, -0.15) is 0 Å². The summed E-state index contributed by atoms with van der Waals surface area (Å²) in [4.78, 5) is 11.9. The van der Waals surface area contributed by atoms with Crippen LogP contribution in [0.25, 0.3) is 0 Å². The molecule has 67 heavy (non-hydrogen) atoms. The Hall–Kier alpha value is -1.21. The molecule has 19 heteroatoms. The van der Waals surface area contributed by atoms with Crippen LogP contribution < -0.4 is 0 Å². The van der Waals surface area contributed by atoms with Crippen LogP contribution >= 0.6 is 0 Å². The van der Waals surface area contributed by atoms with Gasteiger partial charge in [-0.25, -0.2) is 0 Å². The van der Waals surface area contributed by atoms with E-state index in [1.165, 1.54) is 57.8 Å². The average Bonchev–Trinajstić information content (AvgIpc) is 3.33. The van der Waals surface area contributed by atoms with Gasteiger partial charge >= 0.3 is 5.97 Å². The summed E-state index contributed by atoms with van der Waals surface area (Å²) >= 11 is 0. The van der Waals surface area contributed by atoms with Gasteiger partial charge < -0.3 is 85.6 Å². The average molecular weight is 977 g/mol. The summed E-state index contributed by atoms with van der Waals surface area (Å²) in [5.41, 5.74) is 0. The fourth-order valence-electron chi connectivity index (χ4n) is 5.69. The van der Waals surface area contributed by atoms with Crippen molar-refractivity contribution in [2.24, 2.45) is 0 Å². The Labute approximate surface area is 404 Å². The molecular formula is C48H96O19. The molecule has 0 aromatic rings. The smallest absolute Gasteiger partial charge is 0.305 e. The van der Waals surface area contributed by atoms with Gasteiger partial charge in [-0.1, -0.05) is 71.1 Å². The van der Waals surface area contributed by atoms with Crippen molar-refractivity contribution in [3.8, 4) is 0 Å². The minimum Gasteiger partial charge on any atom is -0.463 e. The van der Waals surface area contributed by atoms with Crippen LogP contribution in [0, 0.1) is 0 Å². The maximum atomic E-state index is 11.9. The number of aliphatic hydroxyl groups excluding tert-OH is 1. The number of ether oxygens (including phenoxy) is 17. The minimum atomic E-state index is -0.138. The first-order valence-electron chi connectivity index (χ1n) is 25.3. The summed E-state index contributed by atoms with van der Waals surface area (Å²) < 4.78 is 92.6. The third-order valence-corrected chi connectivity index (χ3v) is 9.29. The molecule has 0 radical (unpaired) electrons. The number of hydrogen-bond acceptors (Lipinski definition) is 19. The third kappa shape index (κ3) is 62.8. The molecule has 0 fully saturated rings. The number of aliphatic hydroxyl groups is 1. The lowest BCUT2D eigenvalue weighted by Gasteiger charge is -2.09. The Morgan fingerprint density at radius 2 is 0.433 bits per heavy atom. The molecule has 0 aromatic carbocycles. The van der Waals surface area contributed by atoms with Gasteiger partial charge in [-0.05, 0) is 6.42 Å². The largest absolute Gasteiger partial charge is 0.463 e. The van der Waals surface area contributed by atoms with Crippen LogP contribution in [0.5, 0.6) is 0 Å². The maximum absolute atomic E-state index is 11.9. The second-order valence-corrected chi connectivity index (χ2v) is 15.0. The number of carbonyl (C=O) groups excluding carboxylic acids is 1. The van der Waals surface area contributed by atoms with E-state index in [9.17, 15) is 4.79 Å². The summed E-state index contributed by atoms with van der Waals surface area (Å²) in [6, 6.07) is 0. The molecular weight excluding hydrogens is 881 g/mol. The zero-order valence-corrected chi connectivity index (χ0v) is 41.8. The van der Waals surface area contributed by atoms with Crippen LogP contribution in [0.15, 0.2) is 0 Å². The van der Waals surface area contributed by atoms with Crippen LogP contribution in [-0.2, 0) is 85.3 Å². The molecule has 0 aliphatic rings. The minimum absolute atomic E-state index is 0.0200. The van der Waals surface area contributed by atoms with E-state index < -0.39 is 0 Å². The molecule has 0 unspecified atom stereocenters. The fourth-order valence-corrected chi connectivity index (χ4v) is 5.69. The van der Waals surface area contributed by atoms with E-state index in [0.717, 1.165) is 12.8 Å². The first-order chi connectivity index (χ1) is 33.3. The molecule has 402 valence electrons. The molecule has 0 saturated heterocycles. The lowest BCUT2D eigenvalue weighted by molar-refractivity contribution is -0.145. The molecule has 19 nitrogen and oxygen atoms in total. The Bertz CT molecular complexity index is 897. The standard InChI is InChI=1S/C48H96O19/c1-2-3-4-5-6-7-8-9-10-11-12-13-48(50)67-47-46-66-45-44-65-43-42-64-41-40-63-39-38-62-37-36-61-35-34-60-33-32-59-31-30-58-29-28-57-27-26-56-25-24-55-23-22-54-21-20-53-19-18-52-17-16-51-15-14-49/h49H,2-47H2,1H3. The Balaban J connectivity index is 3.11. The quantitative estimate of drug-likeness (QED) is 0.0661. The lowest BCUT2D eigenvalue weighted by atomic mass is 10.1. The van der Waals surface area contributed by atoms with Crippen molar-refractivity contribution in [1.82, 2.24) is 0 Å². The highest BCUT2D eigenvalue weighted by Gasteiger charge is 2.03. The van der Waals surface area contributed by atoms with E-state index in [2.05, 4.69) is 6.92 Å². The first kappa shape index (κ1) is 65.8. The first-order valence-corrected chi connectivity index (χ1v) is 25.3. The molecule has 0 saturated carbocycles. The second-order valence-electron chi connectivity index (χ2n) is 15.0. The Morgan fingerprint density at radius 3 is 0.642 bits per heavy atom. The molecule has 0 heterocycles. The Kier molecular flexibility index (Phi) is 61.7.